The van der Waals surface area contributed by atoms with Crippen molar-refractivity contribution in [2.24, 2.45) is 0 Å². The molecule has 0 amide bonds. The Hall–Kier alpha value is -0.280. The highest BCUT2D eigenvalue weighted by Gasteiger charge is 2.10. The maximum Gasteiger partial charge on any atom is 0.0636 e. The summed E-state index contributed by atoms with van der Waals surface area (Å²) in [6.45, 7) is 4.25. The summed E-state index contributed by atoms with van der Waals surface area (Å²) in [6, 6.07) is 5.45. The Morgan fingerprint density at radius 1 is 1.33 bits per heavy atom. The van der Waals surface area contributed by atoms with Crippen molar-refractivity contribution >= 4 is 23.2 Å². The Labute approximate surface area is 100 Å². The summed E-state index contributed by atoms with van der Waals surface area (Å²) in [4.78, 5) is 0. The van der Waals surface area contributed by atoms with Crippen molar-refractivity contribution in [1.82, 2.24) is 5.32 Å². The molecule has 0 heterocycles. The van der Waals surface area contributed by atoms with E-state index in [1.807, 2.05) is 13.0 Å². The lowest BCUT2D eigenvalue weighted by molar-refractivity contribution is 0.187. The zero-order chi connectivity index (χ0) is 11.4. The predicted octanol–water partition coefficient (Wildman–Crippen LogP) is 3.02. The first-order valence-corrected chi connectivity index (χ1v) is 5.62. The van der Waals surface area contributed by atoms with Gasteiger partial charge in [-0.15, -0.1) is 0 Å². The minimum absolute atomic E-state index is 0.0748. The molecule has 4 heteroatoms. The van der Waals surface area contributed by atoms with Crippen molar-refractivity contribution in [3.8, 4) is 0 Å². The van der Waals surface area contributed by atoms with Crippen molar-refractivity contribution in [2.45, 2.75) is 26.0 Å². The van der Waals surface area contributed by atoms with Crippen LogP contribution < -0.4 is 5.32 Å². The largest absolute Gasteiger partial charge is 0.392 e. The Morgan fingerprint density at radius 2 is 2.00 bits per heavy atom. The second-order valence-electron chi connectivity index (χ2n) is 3.64. The minimum atomic E-state index is -0.370. The molecule has 0 fully saturated rings. The van der Waals surface area contributed by atoms with Gasteiger partial charge in [0, 0.05) is 22.6 Å². The first-order valence-electron chi connectivity index (χ1n) is 4.87. The van der Waals surface area contributed by atoms with Crippen LogP contribution in [0, 0.1) is 0 Å². The van der Waals surface area contributed by atoms with E-state index < -0.39 is 0 Å². The average molecular weight is 248 g/mol. The fourth-order valence-electron chi connectivity index (χ4n) is 1.30. The maximum atomic E-state index is 9.15. The van der Waals surface area contributed by atoms with E-state index in [0.717, 1.165) is 5.56 Å². The van der Waals surface area contributed by atoms with Gasteiger partial charge in [-0.3, -0.25) is 0 Å². The fourth-order valence-corrected chi connectivity index (χ4v) is 1.77. The van der Waals surface area contributed by atoms with Gasteiger partial charge in [0.25, 0.3) is 0 Å². The van der Waals surface area contributed by atoms with Gasteiger partial charge in [0.2, 0.25) is 0 Å². The first kappa shape index (κ1) is 12.8. The van der Waals surface area contributed by atoms with Crippen molar-refractivity contribution in [3.63, 3.8) is 0 Å². The van der Waals surface area contributed by atoms with Crippen molar-refractivity contribution in [1.29, 1.82) is 0 Å². The molecule has 0 aliphatic rings. The minimum Gasteiger partial charge on any atom is -0.392 e. The molecule has 0 bridgehead atoms. The van der Waals surface area contributed by atoms with Crippen LogP contribution in [-0.2, 0) is 0 Å². The van der Waals surface area contributed by atoms with E-state index in [-0.39, 0.29) is 12.1 Å². The molecule has 0 saturated carbocycles. The van der Waals surface area contributed by atoms with Crippen LogP contribution in [0.15, 0.2) is 18.2 Å². The van der Waals surface area contributed by atoms with Crippen LogP contribution in [-0.4, -0.2) is 17.8 Å². The summed E-state index contributed by atoms with van der Waals surface area (Å²) in [7, 11) is 0. The second-order valence-corrected chi connectivity index (χ2v) is 4.49. The summed E-state index contributed by atoms with van der Waals surface area (Å²) in [6.07, 6.45) is -0.370. The van der Waals surface area contributed by atoms with Gasteiger partial charge in [0.1, 0.15) is 0 Å². The molecule has 1 rings (SSSR count). The average Bonchev–Trinajstić information content (AvgIpc) is 2.18. The van der Waals surface area contributed by atoms with Gasteiger partial charge < -0.3 is 10.4 Å². The number of hydrogen-bond acceptors (Lipinski definition) is 2. The first-order chi connectivity index (χ1) is 7.00. The van der Waals surface area contributed by atoms with E-state index in [0.29, 0.717) is 16.6 Å². The van der Waals surface area contributed by atoms with Gasteiger partial charge in [0.15, 0.2) is 0 Å². The number of aliphatic hydroxyl groups is 1. The molecule has 0 aromatic heterocycles. The number of nitrogens with one attached hydrogen (secondary N) is 1. The summed E-state index contributed by atoms with van der Waals surface area (Å²) >= 11 is 11.9. The number of rotatable bonds is 4. The van der Waals surface area contributed by atoms with Crippen molar-refractivity contribution in [2.75, 3.05) is 6.54 Å². The molecule has 0 aliphatic carbocycles. The molecule has 84 valence electrons. The third-order valence-electron chi connectivity index (χ3n) is 2.14. The lowest BCUT2D eigenvalue weighted by Crippen LogP contribution is -2.27. The maximum absolute atomic E-state index is 9.15. The number of hydrogen-bond donors (Lipinski definition) is 2. The number of halogens is 2. The molecular formula is C11H15Cl2NO. The Bertz CT molecular complexity index is 328. The van der Waals surface area contributed by atoms with Crippen molar-refractivity contribution < 1.29 is 5.11 Å². The van der Waals surface area contributed by atoms with Gasteiger partial charge in [0.05, 0.1) is 6.10 Å². The molecular weight excluding hydrogens is 233 g/mol. The van der Waals surface area contributed by atoms with Gasteiger partial charge >= 0.3 is 0 Å². The SMILES string of the molecule is CC(NC[C@@H](C)O)c1cc(Cl)ccc1Cl. The molecule has 0 spiro atoms. The lowest BCUT2D eigenvalue weighted by Gasteiger charge is -2.17. The van der Waals surface area contributed by atoms with Crippen LogP contribution in [0.4, 0.5) is 0 Å². The molecule has 0 saturated heterocycles. The van der Waals surface area contributed by atoms with Crippen LogP contribution >= 0.6 is 23.2 Å². The van der Waals surface area contributed by atoms with E-state index in [1.165, 1.54) is 0 Å². The highest BCUT2D eigenvalue weighted by atomic mass is 35.5. The molecule has 0 radical (unpaired) electrons. The molecule has 2 N–H and O–H groups in total. The highest BCUT2D eigenvalue weighted by molar-refractivity contribution is 6.33. The van der Waals surface area contributed by atoms with Crippen LogP contribution in [0.2, 0.25) is 10.0 Å². The van der Waals surface area contributed by atoms with E-state index in [4.69, 9.17) is 28.3 Å². The smallest absolute Gasteiger partial charge is 0.0636 e. The van der Waals surface area contributed by atoms with Crippen LogP contribution in [0.1, 0.15) is 25.5 Å². The van der Waals surface area contributed by atoms with Gasteiger partial charge in [-0.25, -0.2) is 0 Å². The van der Waals surface area contributed by atoms with Crippen LogP contribution in [0.25, 0.3) is 0 Å². The zero-order valence-electron chi connectivity index (χ0n) is 8.80. The molecule has 1 unspecified atom stereocenters. The Kier molecular flexibility index (Phi) is 4.87. The van der Waals surface area contributed by atoms with Crippen molar-refractivity contribution in [3.05, 3.63) is 33.8 Å². The Balaban J connectivity index is 2.72. The lowest BCUT2D eigenvalue weighted by atomic mass is 10.1. The monoisotopic (exact) mass is 247 g/mol. The van der Waals surface area contributed by atoms with E-state index >= 15 is 0 Å². The fraction of sp³-hybridized carbons (Fsp3) is 0.455. The normalized spacial score (nSPS) is 15.0. The molecule has 1 aromatic rings. The zero-order valence-corrected chi connectivity index (χ0v) is 10.3. The van der Waals surface area contributed by atoms with E-state index in [9.17, 15) is 0 Å². The third-order valence-corrected chi connectivity index (χ3v) is 2.72. The number of benzene rings is 1. The van der Waals surface area contributed by atoms with E-state index in [2.05, 4.69) is 5.32 Å². The molecule has 1 aromatic carbocycles. The quantitative estimate of drug-likeness (QED) is 0.858. The molecule has 0 aliphatic heterocycles. The van der Waals surface area contributed by atoms with Gasteiger partial charge in [-0.1, -0.05) is 23.2 Å². The summed E-state index contributed by atoms with van der Waals surface area (Å²) < 4.78 is 0. The summed E-state index contributed by atoms with van der Waals surface area (Å²) in [5.74, 6) is 0. The summed E-state index contributed by atoms with van der Waals surface area (Å²) in [5.41, 5.74) is 0.949. The predicted molar refractivity (Wildman–Crippen MR) is 64.6 cm³/mol. The standard InChI is InChI=1S/C11H15Cl2NO/c1-7(15)6-14-8(2)10-5-9(12)3-4-11(10)13/h3-5,7-8,14-15H,6H2,1-2H3/t7-,8?/m1/s1. The van der Waals surface area contributed by atoms with Crippen LogP contribution in [0.5, 0.6) is 0 Å². The molecule has 2 atom stereocenters. The molecule has 15 heavy (non-hydrogen) atoms. The van der Waals surface area contributed by atoms with Gasteiger partial charge in [-0.05, 0) is 37.6 Å². The number of aliphatic hydroxyl groups excluding tert-OH is 1. The third kappa shape index (κ3) is 3.99. The van der Waals surface area contributed by atoms with Gasteiger partial charge in [-0.2, -0.15) is 0 Å². The highest BCUT2D eigenvalue weighted by Crippen LogP contribution is 2.25. The Morgan fingerprint density at radius 3 is 2.60 bits per heavy atom. The molecule has 2 nitrogen and oxygen atoms in total. The second kappa shape index (κ2) is 5.71. The van der Waals surface area contributed by atoms with Crippen LogP contribution in [0.3, 0.4) is 0 Å². The van der Waals surface area contributed by atoms with E-state index in [1.54, 1.807) is 19.1 Å². The topological polar surface area (TPSA) is 32.3 Å². The summed E-state index contributed by atoms with van der Waals surface area (Å²) in [5, 5.41) is 13.7.